The van der Waals surface area contributed by atoms with Crippen molar-refractivity contribution < 1.29 is 23.8 Å². The minimum atomic E-state index is -0.666. The van der Waals surface area contributed by atoms with Gasteiger partial charge in [-0.15, -0.1) is 0 Å². The number of aliphatic hydroxyl groups is 1. The van der Waals surface area contributed by atoms with Gasteiger partial charge in [-0.05, 0) is 68.6 Å². The van der Waals surface area contributed by atoms with Crippen molar-refractivity contribution in [2.45, 2.75) is 38.8 Å². The molecule has 1 aromatic carbocycles. The van der Waals surface area contributed by atoms with E-state index < -0.39 is 17.8 Å². The quantitative estimate of drug-likeness (QED) is 0.456. The molecule has 2 heterocycles. The number of aromatic nitrogens is 2. The third kappa shape index (κ3) is 5.43. The second-order valence-corrected chi connectivity index (χ2v) is 8.98. The van der Waals surface area contributed by atoms with Crippen LogP contribution >= 0.6 is 11.5 Å². The molecule has 0 radical (unpaired) electrons. The highest BCUT2D eigenvalue weighted by Gasteiger charge is 2.31. The van der Waals surface area contributed by atoms with Crippen LogP contribution in [0.3, 0.4) is 0 Å². The summed E-state index contributed by atoms with van der Waals surface area (Å²) in [4.78, 5) is 29.3. The first kappa shape index (κ1) is 23.0. The van der Waals surface area contributed by atoms with Crippen molar-refractivity contribution in [3.63, 3.8) is 0 Å². The number of carbonyl (C=O) groups is 2. The molecule has 4 rings (SSSR count). The Morgan fingerprint density at radius 2 is 2.03 bits per heavy atom. The third-order valence-electron chi connectivity index (χ3n) is 5.34. The number of carbonyl (C=O) groups excluding carboxylic acids is 2. The Hall–Kier alpha value is -3.17. The highest BCUT2D eigenvalue weighted by Crippen LogP contribution is 2.33. The van der Waals surface area contributed by atoms with Crippen LogP contribution in [0.5, 0.6) is 5.75 Å². The van der Waals surface area contributed by atoms with Gasteiger partial charge in [0, 0.05) is 17.5 Å². The van der Waals surface area contributed by atoms with Crippen LogP contribution < -0.4 is 10.1 Å². The first-order valence-electron chi connectivity index (χ1n) is 10.7. The summed E-state index contributed by atoms with van der Waals surface area (Å²) in [5.41, 5.74) is 1.48. The smallest absolute Gasteiger partial charge is 0.254 e. The summed E-state index contributed by atoms with van der Waals surface area (Å²) in [7, 11) is 0. The molecule has 1 aliphatic rings. The summed E-state index contributed by atoms with van der Waals surface area (Å²) in [5, 5.41) is 11.6. The number of ketones is 1. The van der Waals surface area contributed by atoms with E-state index in [0.29, 0.717) is 22.7 Å². The van der Waals surface area contributed by atoms with E-state index in [0.717, 1.165) is 17.7 Å². The lowest BCUT2D eigenvalue weighted by Gasteiger charge is -2.12. The predicted molar refractivity (Wildman–Crippen MR) is 122 cm³/mol. The third-order valence-corrected chi connectivity index (χ3v) is 6.29. The lowest BCUT2D eigenvalue weighted by atomic mass is 10.1. The van der Waals surface area contributed by atoms with Crippen molar-refractivity contribution in [2.24, 2.45) is 5.92 Å². The zero-order valence-electron chi connectivity index (χ0n) is 18.2. The molecule has 0 saturated heterocycles. The number of halogens is 1. The second kappa shape index (κ2) is 9.76. The minimum Gasteiger partial charge on any atom is -0.484 e. The molecule has 1 saturated carbocycles. The maximum absolute atomic E-state index is 14.5. The number of hydrogen-bond donors (Lipinski definition) is 2. The molecule has 2 N–H and O–H groups in total. The summed E-state index contributed by atoms with van der Waals surface area (Å²) >= 11 is 1.24. The van der Waals surface area contributed by atoms with Crippen LogP contribution in [0.2, 0.25) is 0 Å². The van der Waals surface area contributed by atoms with Crippen molar-refractivity contribution in [1.29, 1.82) is 0 Å². The molecule has 2 aromatic heterocycles. The summed E-state index contributed by atoms with van der Waals surface area (Å²) in [6, 6.07) is 9.06. The first-order valence-corrected chi connectivity index (χ1v) is 11.5. The number of aliphatic hydroxyl groups excluding tert-OH is 1. The molecule has 0 aliphatic heterocycles. The van der Waals surface area contributed by atoms with Gasteiger partial charge in [-0.25, -0.2) is 9.37 Å². The van der Waals surface area contributed by atoms with E-state index in [1.807, 2.05) is 13.0 Å². The lowest BCUT2D eigenvalue weighted by Crippen LogP contribution is -2.35. The molecule has 1 aliphatic carbocycles. The number of hydrogen-bond acceptors (Lipinski definition) is 7. The highest BCUT2D eigenvalue weighted by molar-refractivity contribution is 7.06. The predicted octanol–water partition coefficient (Wildman–Crippen LogP) is 4.19. The Labute approximate surface area is 194 Å². The largest absolute Gasteiger partial charge is 0.484 e. The topological polar surface area (TPSA) is 101 Å². The van der Waals surface area contributed by atoms with Crippen LogP contribution in [0, 0.1) is 11.7 Å². The van der Waals surface area contributed by atoms with Crippen molar-refractivity contribution >= 4 is 23.2 Å². The van der Waals surface area contributed by atoms with Crippen LogP contribution in [0.1, 0.15) is 58.5 Å². The number of amides is 1. The summed E-state index contributed by atoms with van der Waals surface area (Å²) in [6.07, 6.45) is 3.10. The standard InChI is InChI=1S/C24H24FN3O4S/c1-13(12-29)27-24(31)18-7-5-16(9-19(18)25)21-10-22(33-28-21)14(2)32-17-6-8-20(26-11-17)23(30)15-3-4-15/h5-11,13-15,29H,3-4,12H2,1-2H3,(H,27,31)/t13-,14-/m1/s1. The molecule has 172 valence electrons. The second-order valence-electron chi connectivity index (χ2n) is 8.14. The van der Waals surface area contributed by atoms with Gasteiger partial charge in [0.25, 0.3) is 5.91 Å². The van der Waals surface area contributed by atoms with Crippen molar-refractivity contribution in [1.82, 2.24) is 14.7 Å². The number of rotatable bonds is 9. The Kier molecular flexibility index (Phi) is 6.80. The average molecular weight is 470 g/mol. The number of pyridine rings is 1. The van der Waals surface area contributed by atoms with Crippen molar-refractivity contribution in [3.05, 3.63) is 64.5 Å². The van der Waals surface area contributed by atoms with Crippen LogP contribution in [-0.4, -0.2) is 38.8 Å². The molecular weight excluding hydrogens is 445 g/mol. The van der Waals surface area contributed by atoms with Gasteiger partial charge < -0.3 is 15.2 Å². The van der Waals surface area contributed by atoms with Crippen molar-refractivity contribution in [2.75, 3.05) is 6.61 Å². The number of Topliss-reactive ketones (excluding diaryl/α,β-unsaturated/α-hetero) is 1. The van der Waals surface area contributed by atoms with Crippen LogP contribution in [0.15, 0.2) is 42.6 Å². The monoisotopic (exact) mass is 469 g/mol. The van der Waals surface area contributed by atoms with Gasteiger partial charge in [0.05, 0.1) is 28.9 Å². The molecule has 0 bridgehead atoms. The SMILES string of the molecule is C[C@H](CO)NC(=O)c1ccc(-c2cc([C@@H](C)Oc3ccc(C(=O)C4CC4)nc3)sn2)cc1F. The lowest BCUT2D eigenvalue weighted by molar-refractivity contribution is 0.0917. The number of nitrogens with zero attached hydrogens (tertiary/aromatic N) is 2. The highest BCUT2D eigenvalue weighted by atomic mass is 32.1. The van der Waals surface area contributed by atoms with Crippen molar-refractivity contribution in [3.8, 4) is 17.0 Å². The summed E-state index contributed by atoms with van der Waals surface area (Å²) in [5.74, 6) is -0.499. The zero-order valence-corrected chi connectivity index (χ0v) is 19.1. The Balaban J connectivity index is 1.42. The average Bonchev–Trinajstić information content (AvgIpc) is 3.54. The molecule has 2 atom stereocenters. The molecule has 3 aromatic rings. The molecule has 7 nitrogen and oxygen atoms in total. The molecular formula is C24H24FN3O4S. The first-order chi connectivity index (χ1) is 15.9. The zero-order chi connectivity index (χ0) is 23.5. The molecule has 33 heavy (non-hydrogen) atoms. The fraction of sp³-hybridized carbons (Fsp3) is 0.333. The Morgan fingerprint density at radius 1 is 1.24 bits per heavy atom. The van der Waals surface area contributed by atoms with E-state index >= 15 is 0 Å². The van der Waals surface area contributed by atoms with Gasteiger partial charge in [-0.2, -0.15) is 4.37 Å². The van der Waals surface area contributed by atoms with E-state index in [4.69, 9.17) is 9.84 Å². The van der Waals surface area contributed by atoms with Crippen LogP contribution in [0.4, 0.5) is 4.39 Å². The Bertz CT molecular complexity index is 1160. The van der Waals surface area contributed by atoms with Gasteiger partial charge in [0.15, 0.2) is 5.78 Å². The fourth-order valence-corrected chi connectivity index (χ4v) is 3.96. The molecule has 1 fully saturated rings. The van der Waals surface area contributed by atoms with Gasteiger partial charge in [-0.3, -0.25) is 9.59 Å². The molecule has 9 heteroatoms. The van der Waals surface area contributed by atoms with E-state index in [9.17, 15) is 14.0 Å². The molecule has 0 spiro atoms. The van der Waals surface area contributed by atoms with E-state index in [1.54, 1.807) is 31.3 Å². The van der Waals surface area contributed by atoms with Gasteiger partial charge in [0.2, 0.25) is 0 Å². The van der Waals surface area contributed by atoms with E-state index in [1.165, 1.54) is 23.7 Å². The summed E-state index contributed by atoms with van der Waals surface area (Å²) < 4.78 is 24.9. The minimum absolute atomic E-state index is 0.0836. The van der Waals surface area contributed by atoms with E-state index in [2.05, 4.69) is 14.7 Å². The maximum Gasteiger partial charge on any atom is 0.254 e. The van der Waals surface area contributed by atoms with Crippen LogP contribution in [-0.2, 0) is 0 Å². The summed E-state index contributed by atoms with van der Waals surface area (Å²) in [6.45, 7) is 3.27. The van der Waals surface area contributed by atoms with E-state index in [-0.39, 0.29) is 30.0 Å². The Morgan fingerprint density at radius 3 is 2.67 bits per heavy atom. The maximum atomic E-state index is 14.5. The van der Waals surface area contributed by atoms with Crippen LogP contribution in [0.25, 0.3) is 11.3 Å². The van der Waals surface area contributed by atoms with Gasteiger partial charge in [0.1, 0.15) is 23.4 Å². The number of benzene rings is 1. The van der Waals surface area contributed by atoms with Gasteiger partial charge >= 0.3 is 0 Å². The van der Waals surface area contributed by atoms with Gasteiger partial charge in [-0.1, -0.05) is 6.07 Å². The number of nitrogens with one attached hydrogen (secondary N) is 1. The molecule has 1 amide bonds. The fourth-order valence-electron chi connectivity index (χ4n) is 3.24. The number of ether oxygens (including phenoxy) is 1. The molecule has 0 unspecified atom stereocenters. The normalized spacial score (nSPS) is 15.0.